The van der Waals surface area contributed by atoms with Gasteiger partial charge in [-0.05, 0) is 134 Å². The van der Waals surface area contributed by atoms with Crippen LogP contribution in [0.4, 0.5) is 16.4 Å². The van der Waals surface area contributed by atoms with Crippen LogP contribution in [0.2, 0.25) is 5.15 Å². The first-order valence-corrected chi connectivity index (χ1v) is 26.5. The van der Waals surface area contributed by atoms with Crippen LogP contribution in [0.3, 0.4) is 0 Å². The summed E-state index contributed by atoms with van der Waals surface area (Å²) < 4.78 is 5.16. The minimum Gasteiger partial charge on any atom is -1.00 e. The second-order valence-electron chi connectivity index (χ2n) is 18.0. The summed E-state index contributed by atoms with van der Waals surface area (Å²) in [6.45, 7) is 22.5. The molecule has 6 aromatic heterocycles. The van der Waals surface area contributed by atoms with Gasteiger partial charge in [0, 0.05) is 52.7 Å². The number of nitrogens with one attached hydrogen (secondary N) is 2. The van der Waals surface area contributed by atoms with E-state index in [1.54, 1.807) is 46.7 Å². The SMILES string of the molecule is C.CC(C)(C)OC(=O)NCC1CCNCC1.CCc1cc2c(Cl)ncnc2s1.CCc1cc2c(N3CCC(CC)CC3)ncnc2s1.CCc1cc2c(N3CCC(CN)CC3)ncnc2s1.Cl.[H-].[K+]. The van der Waals surface area contributed by atoms with E-state index >= 15 is 0 Å². The molecule has 3 aliphatic heterocycles. The van der Waals surface area contributed by atoms with Crippen molar-refractivity contribution in [3.8, 4) is 0 Å². The second kappa shape index (κ2) is 30.2. The van der Waals surface area contributed by atoms with Gasteiger partial charge in [-0.3, -0.25) is 0 Å². The van der Waals surface area contributed by atoms with Gasteiger partial charge in [0.15, 0.2) is 0 Å². The minimum atomic E-state index is -0.405. The first kappa shape index (κ1) is 60.4. The largest absolute Gasteiger partial charge is 1.00 e. The third-order valence-electron chi connectivity index (χ3n) is 12.2. The number of rotatable bonds is 9. The molecule has 0 bridgehead atoms. The summed E-state index contributed by atoms with van der Waals surface area (Å²) in [6.07, 6.45) is 16.3. The quantitative estimate of drug-likeness (QED) is 0.0934. The molecule has 9 rings (SSSR count). The number of nitrogens with zero attached hydrogens (tertiary/aromatic N) is 8. The number of carbonyl (C=O) groups excluding carboxylic acids is 1. The third-order valence-corrected chi connectivity index (χ3v) is 16.1. The van der Waals surface area contributed by atoms with E-state index in [0.717, 1.165) is 122 Å². The van der Waals surface area contributed by atoms with Crippen LogP contribution in [0.1, 0.15) is 117 Å². The summed E-state index contributed by atoms with van der Waals surface area (Å²) in [5.74, 6) is 4.44. The fraction of sp³-hybridized carbons (Fsp3) is 0.612. The molecule has 9 heterocycles. The molecule has 372 valence electrons. The van der Waals surface area contributed by atoms with E-state index in [4.69, 9.17) is 22.1 Å². The molecule has 19 heteroatoms. The van der Waals surface area contributed by atoms with E-state index < -0.39 is 5.60 Å². The van der Waals surface area contributed by atoms with Gasteiger partial charge >= 0.3 is 57.5 Å². The maximum Gasteiger partial charge on any atom is 1.00 e. The average molecular weight is 1060 g/mol. The number of carbonyl (C=O) groups is 1. The molecule has 0 atom stereocenters. The van der Waals surface area contributed by atoms with Crippen LogP contribution in [0.25, 0.3) is 30.6 Å². The van der Waals surface area contributed by atoms with Gasteiger partial charge in [0.1, 0.15) is 55.9 Å². The number of hydrogen-bond acceptors (Lipinski definition) is 15. The Morgan fingerprint density at radius 3 is 1.56 bits per heavy atom. The van der Waals surface area contributed by atoms with Crippen molar-refractivity contribution in [1.82, 2.24) is 40.5 Å². The van der Waals surface area contributed by atoms with Gasteiger partial charge in [-0.1, -0.05) is 53.1 Å². The van der Waals surface area contributed by atoms with Gasteiger partial charge in [-0.2, -0.15) is 0 Å². The molecule has 3 aliphatic rings. The standard InChI is InChI=1S/C15H21N3S.C14H20N4S.C11H22N2O2.C8H7ClN2S.CH4.ClH.K.H/c1-3-11-5-7-18(8-6-11)14-13-9-12(4-2)19-15(13)17-10-16-14;1-2-11-7-12-13(16-9-17-14(12)19-11)18-5-3-10(8-15)4-6-18;1-11(2,3)15-10(14)13-8-9-4-6-12-7-5-9;1-2-5-3-6-7(9)10-4-11-8(6)12-5;;;;/h9-11H,3-8H2,1-2H3;7,9-10H,2-6,8,15H2,1H3;9,12H,4-8H2,1-3H3,(H,13,14);3-4H,2H2,1H3;1H4;1H;;/q;;;;;;+1;-1. The van der Waals surface area contributed by atoms with Crippen molar-refractivity contribution in [1.29, 1.82) is 0 Å². The van der Waals surface area contributed by atoms with Crippen LogP contribution in [0.5, 0.6) is 0 Å². The maximum atomic E-state index is 11.4. The molecule has 0 aliphatic carbocycles. The predicted molar refractivity (Wildman–Crippen MR) is 290 cm³/mol. The zero-order valence-electron chi connectivity index (χ0n) is 41.9. The minimum absolute atomic E-state index is 0. The van der Waals surface area contributed by atoms with Crippen molar-refractivity contribution >= 4 is 106 Å². The fourth-order valence-corrected chi connectivity index (χ4v) is 11.3. The van der Waals surface area contributed by atoms with Crippen LogP contribution in [0.15, 0.2) is 37.2 Å². The summed E-state index contributed by atoms with van der Waals surface area (Å²) in [4.78, 5) is 49.4. The van der Waals surface area contributed by atoms with E-state index in [9.17, 15) is 4.79 Å². The fourth-order valence-electron chi connectivity index (χ4n) is 8.25. The number of piperidine rings is 3. The zero-order valence-corrected chi connectivity index (χ0v) is 48.1. The molecule has 0 unspecified atom stereocenters. The smallest absolute Gasteiger partial charge is 1.00 e. The number of nitrogens with two attached hydrogens (primary N) is 1. The molecular weight excluding hydrogens is 981 g/mol. The van der Waals surface area contributed by atoms with Gasteiger partial charge in [-0.25, -0.2) is 34.7 Å². The van der Waals surface area contributed by atoms with Gasteiger partial charge in [0.25, 0.3) is 0 Å². The number of fused-ring (bicyclic) bond motifs is 3. The third kappa shape index (κ3) is 17.7. The van der Waals surface area contributed by atoms with E-state index in [1.807, 2.05) is 20.8 Å². The van der Waals surface area contributed by atoms with Crippen LogP contribution >= 0.6 is 58.0 Å². The van der Waals surface area contributed by atoms with Crippen molar-refractivity contribution < 1.29 is 62.3 Å². The molecule has 0 aromatic carbocycles. The molecule has 3 fully saturated rings. The number of aromatic nitrogens is 6. The molecule has 13 nitrogen and oxygen atoms in total. The van der Waals surface area contributed by atoms with E-state index in [1.165, 1.54) is 63.8 Å². The monoisotopic (exact) mass is 1060 g/mol. The Morgan fingerprint density at radius 1 is 0.721 bits per heavy atom. The van der Waals surface area contributed by atoms with Crippen LogP contribution < -0.4 is 77.6 Å². The summed E-state index contributed by atoms with van der Waals surface area (Å²) in [7, 11) is 0. The van der Waals surface area contributed by atoms with Gasteiger partial charge in [-0.15, -0.1) is 46.4 Å². The zero-order chi connectivity index (χ0) is 46.3. The number of amides is 1. The molecule has 6 aromatic rings. The number of aryl methyl sites for hydroxylation is 3. The molecule has 3 saturated heterocycles. The Hall–Kier alpha value is -1.87. The topological polar surface area (TPSA) is 160 Å². The summed E-state index contributed by atoms with van der Waals surface area (Å²) in [6, 6.07) is 6.59. The number of alkyl carbamates (subject to hydrolysis) is 1. The van der Waals surface area contributed by atoms with Crippen molar-refractivity contribution in [2.24, 2.45) is 23.5 Å². The molecule has 4 N–H and O–H groups in total. The molecule has 0 saturated carbocycles. The van der Waals surface area contributed by atoms with Crippen LogP contribution in [-0.4, -0.2) is 94.0 Å². The Bertz CT molecular complexity index is 2300. The Kier molecular flexibility index (Phi) is 26.9. The number of anilines is 2. The Morgan fingerprint density at radius 2 is 1.15 bits per heavy atom. The number of halogens is 2. The second-order valence-corrected chi connectivity index (χ2v) is 21.7. The van der Waals surface area contributed by atoms with Gasteiger partial charge in [0.2, 0.25) is 0 Å². The maximum absolute atomic E-state index is 11.4. The van der Waals surface area contributed by atoms with Crippen molar-refractivity contribution in [3.05, 3.63) is 57.0 Å². The van der Waals surface area contributed by atoms with E-state index in [2.05, 4.69) is 96.2 Å². The predicted octanol–water partition coefficient (Wildman–Crippen LogP) is 8.90. The summed E-state index contributed by atoms with van der Waals surface area (Å²) in [5.41, 5.74) is 5.35. The number of hydrogen-bond donors (Lipinski definition) is 3. The molecule has 0 radical (unpaired) electrons. The van der Waals surface area contributed by atoms with E-state index in [-0.39, 0.29) is 78.7 Å². The van der Waals surface area contributed by atoms with Gasteiger partial charge < -0.3 is 32.3 Å². The van der Waals surface area contributed by atoms with Crippen LogP contribution in [0, 0.1) is 17.8 Å². The number of ether oxygens (including phenoxy) is 1. The first-order chi connectivity index (χ1) is 31.4. The van der Waals surface area contributed by atoms with Gasteiger partial charge in [0.05, 0.1) is 10.8 Å². The molecular formula is C49H76Cl2KN11O2S3. The first-order valence-electron chi connectivity index (χ1n) is 23.6. The van der Waals surface area contributed by atoms with Crippen molar-refractivity contribution in [2.45, 2.75) is 126 Å². The molecule has 0 spiro atoms. The van der Waals surface area contributed by atoms with Crippen LogP contribution in [-0.2, 0) is 24.0 Å². The van der Waals surface area contributed by atoms with E-state index in [0.29, 0.717) is 17.0 Å². The molecule has 1 amide bonds. The van der Waals surface area contributed by atoms with Crippen molar-refractivity contribution in [2.75, 3.05) is 62.2 Å². The normalized spacial score (nSPS) is 15.7. The Balaban J connectivity index is 0.000000314. The number of thiophene rings is 3. The average Bonchev–Trinajstić information content (AvgIpc) is 4.09. The Labute approximate surface area is 472 Å². The molecule has 68 heavy (non-hydrogen) atoms. The summed E-state index contributed by atoms with van der Waals surface area (Å²) >= 11 is 11.1. The van der Waals surface area contributed by atoms with Crippen molar-refractivity contribution in [3.63, 3.8) is 0 Å². The summed E-state index contributed by atoms with van der Waals surface area (Å²) in [5, 5.41) is 10.1.